The smallest absolute Gasteiger partial charge is 0.0543 e. The van der Waals surface area contributed by atoms with Crippen LogP contribution in [0.5, 0.6) is 0 Å². The Morgan fingerprint density at radius 3 is 2.83 bits per heavy atom. The Balaban J connectivity index is 2.06. The number of fused-ring (bicyclic) bond motifs is 1. The van der Waals surface area contributed by atoms with Crippen molar-refractivity contribution in [1.29, 1.82) is 0 Å². The molecule has 3 atom stereocenters. The molecule has 0 aromatic rings. The third-order valence-electron chi connectivity index (χ3n) is 4.14. The highest BCUT2D eigenvalue weighted by Crippen LogP contribution is 2.49. The van der Waals surface area contributed by atoms with Crippen molar-refractivity contribution in [2.45, 2.75) is 58.0 Å². The molecule has 0 radical (unpaired) electrons. The highest BCUT2D eigenvalue weighted by molar-refractivity contribution is 4.91. The maximum atomic E-state index is 9.56. The van der Waals surface area contributed by atoms with Gasteiger partial charge in [-0.25, -0.2) is 0 Å². The van der Waals surface area contributed by atoms with Gasteiger partial charge in [0.15, 0.2) is 0 Å². The van der Waals surface area contributed by atoms with Gasteiger partial charge in [0.2, 0.25) is 0 Å². The largest absolute Gasteiger partial charge is 0.393 e. The van der Waals surface area contributed by atoms with E-state index in [4.69, 9.17) is 0 Å². The highest BCUT2D eigenvalue weighted by Gasteiger charge is 2.40. The molecule has 0 amide bonds. The molecule has 12 heavy (non-hydrogen) atoms. The van der Waals surface area contributed by atoms with Gasteiger partial charge in [-0.2, -0.15) is 0 Å². The lowest BCUT2D eigenvalue weighted by molar-refractivity contribution is -0.00751. The van der Waals surface area contributed by atoms with E-state index in [9.17, 15) is 5.11 Å². The van der Waals surface area contributed by atoms with Gasteiger partial charge < -0.3 is 5.11 Å². The van der Waals surface area contributed by atoms with Crippen LogP contribution >= 0.6 is 0 Å². The Kier molecular flexibility index (Phi) is 2.16. The average molecular weight is 168 g/mol. The topological polar surface area (TPSA) is 20.2 Å². The summed E-state index contributed by atoms with van der Waals surface area (Å²) in [5.41, 5.74) is 0.595. The summed E-state index contributed by atoms with van der Waals surface area (Å²) in [6, 6.07) is 0. The van der Waals surface area contributed by atoms with Gasteiger partial charge in [-0.05, 0) is 43.4 Å². The summed E-state index contributed by atoms with van der Waals surface area (Å²) >= 11 is 0. The monoisotopic (exact) mass is 168 g/mol. The molecule has 2 aliphatic carbocycles. The van der Waals surface area contributed by atoms with Crippen molar-refractivity contribution in [2.24, 2.45) is 11.3 Å². The van der Waals surface area contributed by atoms with Crippen LogP contribution in [0.4, 0.5) is 0 Å². The van der Waals surface area contributed by atoms with Crippen LogP contribution < -0.4 is 0 Å². The summed E-state index contributed by atoms with van der Waals surface area (Å²) in [6.07, 6.45) is 9.00. The van der Waals surface area contributed by atoms with Gasteiger partial charge >= 0.3 is 0 Å². The Morgan fingerprint density at radius 1 is 1.17 bits per heavy atom. The summed E-state index contributed by atoms with van der Waals surface area (Å²) in [7, 11) is 0. The number of rotatable bonds is 0. The fourth-order valence-electron chi connectivity index (χ4n) is 3.15. The Hall–Kier alpha value is -0.0400. The maximum absolute atomic E-state index is 9.56. The van der Waals surface area contributed by atoms with Crippen molar-refractivity contribution < 1.29 is 5.11 Å². The van der Waals surface area contributed by atoms with Crippen LogP contribution in [0.1, 0.15) is 51.9 Å². The van der Waals surface area contributed by atoms with Crippen LogP contribution in [0.3, 0.4) is 0 Å². The molecule has 2 rings (SSSR count). The van der Waals surface area contributed by atoms with Gasteiger partial charge in [0.05, 0.1) is 6.10 Å². The Labute approximate surface area is 75.2 Å². The van der Waals surface area contributed by atoms with E-state index in [1.807, 2.05) is 0 Å². The fraction of sp³-hybridized carbons (Fsp3) is 1.00. The van der Waals surface area contributed by atoms with Crippen LogP contribution in [0.2, 0.25) is 0 Å². The standard InChI is InChI=1S/C11H20O/c1-11-6-3-2-4-9(11)8-10(12)5-7-11/h9-10,12H,2-8H2,1H3/t9-,10?,11+/m1/s1. The number of hydrogen-bond donors (Lipinski definition) is 1. The maximum Gasteiger partial charge on any atom is 0.0543 e. The molecule has 0 heterocycles. The Bertz CT molecular complexity index is 166. The molecule has 0 aliphatic heterocycles. The van der Waals surface area contributed by atoms with Gasteiger partial charge in [-0.15, -0.1) is 0 Å². The van der Waals surface area contributed by atoms with Crippen molar-refractivity contribution in [2.75, 3.05) is 0 Å². The first-order chi connectivity index (χ1) is 5.71. The van der Waals surface area contributed by atoms with Crippen LogP contribution in [0, 0.1) is 11.3 Å². The van der Waals surface area contributed by atoms with E-state index < -0.39 is 0 Å². The third-order valence-corrected chi connectivity index (χ3v) is 4.14. The van der Waals surface area contributed by atoms with E-state index in [0.29, 0.717) is 5.41 Å². The van der Waals surface area contributed by atoms with Crippen molar-refractivity contribution in [3.63, 3.8) is 0 Å². The molecule has 0 saturated heterocycles. The summed E-state index contributed by atoms with van der Waals surface area (Å²) in [6.45, 7) is 2.43. The Morgan fingerprint density at radius 2 is 2.00 bits per heavy atom. The molecule has 0 bridgehead atoms. The predicted molar refractivity (Wildman–Crippen MR) is 49.9 cm³/mol. The summed E-state index contributed by atoms with van der Waals surface area (Å²) in [4.78, 5) is 0. The van der Waals surface area contributed by atoms with E-state index in [-0.39, 0.29) is 6.10 Å². The zero-order valence-electron chi connectivity index (χ0n) is 8.05. The summed E-state index contributed by atoms with van der Waals surface area (Å²) in [5.74, 6) is 0.829. The molecule has 2 fully saturated rings. The zero-order chi connectivity index (χ0) is 8.60. The second-order valence-corrected chi connectivity index (χ2v) is 5.02. The van der Waals surface area contributed by atoms with Crippen LogP contribution in [0.25, 0.3) is 0 Å². The van der Waals surface area contributed by atoms with Crippen LogP contribution in [-0.4, -0.2) is 11.2 Å². The summed E-state index contributed by atoms with van der Waals surface area (Å²) in [5, 5.41) is 9.56. The zero-order valence-corrected chi connectivity index (χ0v) is 8.05. The molecule has 1 unspecified atom stereocenters. The second-order valence-electron chi connectivity index (χ2n) is 5.02. The first-order valence-electron chi connectivity index (χ1n) is 5.39. The first-order valence-corrected chi connectivity index (χ1v) is 5.39. The molecule has 1 N–H and O–H groups in total. The number of aliphatic hydroxyl groups is 1. The first kappa shape index (κ1) is 8.55. The van der Waals surface area contributed by atoms with Gasteiger partial charge in [-0.3, -0.25) is 0 Å². The summed E-state index contributed by atoms with van der Waals surface area (Å²) < 4.78 is 0. The molecule has 1 nitrogen and oxygen atoms in total. The van der Waals surface area contributed by atoms with E-state index in [1.165, 1.54) is 32.1 Å². The highest BCUT2D eigenvalue weighted by atomic mass is 16.3. The lowest BCUT2D eigenvalue weighted by Crippen LogP contribution is -2.38. The average Bonchev–Trinajstić information content (AvgIpc) is 2.06. The van der Waals surface area contributed by atoms with Crippen LogP contribution in [0.15, 0.2) is 0 Å². The van der Waals surface area contributed by atoms with Crippen molar-refractivity contribution in [3.05, 3.63) is 0 Å². The number of aliphatic hydroxyl groups excluding tert-OH is 1. The normalized spacial score (nSPS) is 48.5. The van der Waals surface area contributed by atoms with Gasteiger partial charge in [0, 0.05) is 0 Å². The van der Waals surface area contributed by atoms with Gasteiger partial charge in [-0.1, -0.05) is 19.8 Å². The SMILES string of the molecule is C[C@@]12CCCC[C@@H]1CC(O)CC2. The molecule has 0 aromatic heterocycles. The molecule has 2 saturated carbocycles. The minimum atomic E-state index is 0.0150. The van der Waals surface area contributed by atoms with E-state index in [0.717, 1.165) is 18.8 Å². The fourth-order valence-corrected chi connectivity index (χ4v) is 3.15. The molecule has 70 valence electrons. The predicted octanol–water partition coefficient (Wildman–Crippen LogP) is 2.73. The minimum absolute atomic E-state index is 0.0150. The quantitative estimate of drug-likeness (QED) is 0.589. The van der Waals surface area contributed by atoms with E-state index in [2.05, 4.69) is 6.92 Å². The molecular formula is C11H20O. The van der Waals surface area contributed by atoms with Crippen molar-refractivity contribution in [3.8, 4) is 0 Å². The lowest BCUT2D eigenvalue weighted by Gasteiger charge is -2.46. The molecular weight excluding hydrogens is 148 g/mol. The van der Waals surface area contributed by atoms with Gasteiger partial charge in [0.25, 0.3) is 0 Å². The van der Waals surface area contributed by atoms with E-state index >= 15 is 0 Å². The van der Waals surface area contributed by atoms with Crippen molar-refractivity contribution >= 4 is 0 Å². The third kappa shape index (κ3) is 1.39. The molecule has 2 aliphatic rings. The van der Waals surface area contributed by atoms with Gasteiger partial charge in [0.1, 0.15) is 0 Å². The van der Waals surface area contributed by atoms with E-state index in [1.54, 1.807) is 0 Å². The minimum Gasteiger partial charge on any atom is -0.393 e. The van der Waals surface area contributed by atoms with Crippen molar-refractivity contribution in [1.82, 2.24) is 0 Å². The number of hydrogen-bond acceptors (Lipinski definition) is 1. The molecule has 1 heteroatoms. The lowest BCUT2D eigenvalue weighted by atomic mass is 9.60. The second kappa shape index (κ2) is 3.02. The van der Waals surface area contributed by atoms with Crippen LogP contribution in [-0.2, 0) is 0 Å². The molecule has 0 spiro atoms. The molecule has 0 aromatic carbocycles.